The van der Waals surface area contributed by atoms with Crippen molar-refractivity contribution in [1.29, 1.82) is 0 Å². The average Bonchev–Trinajstić information content (AvgIpc) is 3.97. The van der Waals surface area contributed by atoms with Crippen LogP contribution in [-0.2, 0) is 23.8 Å². The second kappa shape index (κ2) is 17.3. The Morgan fingerprint density at radius 3 is 1.75 bits per heavy atom. The fourth-order valence-corrected chi connectivity index (χ4v) is 11.2. The number of piperidine rings is 2. The summed E-state index contributed by atoms with van der Waals surface area (Å²) in [6, 6.07) is 13.8. The van der Waals surface area contributed by atoms with Crippen LogP contribution in [0.3, 0.4) is 0 Å². The molecule has 0 bridgehead atoms. The van der Waals surface area contributed by atoms with Crippen LogP contribution in [0.25, 0.3) is 33.6 Å². The summed E-state index contributed by atoms with van der Waals surface area (Å²) in [5.41, 5.74) is 5.08. The molecule has 15 nitrogen and oxygen atoms in total. The van der Waals surface area contributed by atoms with Crippen molar-refractivity contribution in [3.05, 3.63) is 71.5 Å². The fraction of sp³-hybridized carbons (Fsp3) is 0.532. The number of likely N-dealkylation sites (tertiary alicyclic amines) is 2. The van der Waals surface area contributed by atoms with E-state index in [2.05, 4.69) is 20.6 Å². The van der Waals surface area contributed by atoms with Gasteiger partial charge in [-0.15, -0.1) is 0 Å². The summed E-state index contributed by atoms with van der Waals surface area (Å²) in [5, 5.41) is 5.85. The van der Waals surface area contributed by atoms with Gasteiger partial charge in [0, 0.05) is 43.7 Å². The molecule has 3 aliphatic heterocycles. The number of hydrogen-bond donors (Lipinski definition) is 4. The number of carbonyl (C=O) groups is 4. The maximum absolute atomic E-state index is 14.3. The molecule has 4 amide bonds. The van der Waals surface area contributed by atoms with E-state index in [1.807, 2.05) is 53.4 Å². The molecule has 3 saturated heterocycles. The molecular weight excluding hydrogens is 862 g/mol. The lowest BCUT2D eigenvalue weighted by atomic mass is 9.81. The minimum absolute atomic E-state index is 0.0230. The van der Waals surface area contributed by atoms with Crippen LogP contribution in [0.4, 0.5) is 18.4 Å². The number of fused-ring (bicyclic) bond motifs is 2. The van der Waals surface area contributed by atoms with Gasteiger partial charge in [-0.25, -0.2) is 28.3 Å². The van der Waals surface area contributed by atoms with Crippen LogP contribution in [0.15, 0.2) is 54.7 Å². The Bertz CT molecular complexity index is 2430. The Hall–Kier alpha value is -5.55. The number of ether oxygens (including phenoxy) is 3. The van der Waals surface area contributed by atoms with Gasteiger partial charge in [-0.05, 0) is 91.7 Å². The topological polar surface area (TPSA) is 184 Å². The molecule has 6 fully saturated rings. The summed E-state index contributed by atoms with van der Waals surface area (Å²) in [4.78, 5) is 73.4. The normalized spacial score (nSPS) is 26.7. The maximum atomic E-state index is 14.3. The van der Waals surface area contributed by atoms with E-state index in [9.17, 15) is 28.0 Å². The van der Waals surface area contributed by atoms with Crippen LogP contribution in [0.1, 0.15) is 87.9 Å². The molecule has 3 aliphatic carbocycles. The van der Waals surface area contributed by atoms with Crippen molar-refractivity contribution in [3.8, 4) is 33.6 Å². The van der Waals surface area contributed by atoms with Gasteiger partial charge in [0.1, 0.15) is 34.6 Å². The summed E-state index contributed by atoms with van der Waals surface area (Å²) >= 11 is 6.79. The number of alkyl halides is 2. The number of rotatable bonds is 11. The number of amides is 4. The summed E-state index contributed by atoms with van der Waals surface area (Å²) in [6.45, 7) is 1.10. The van der Waals surface area contributed by atoms with Crippen molar-refractivity contribution in [2.75, 3.05) is 27.4 Å². The first-order valence-corrected chi connectivity index (χ1v) is 23.1. The first kappa shape index (κ1) is 43.3. The van der Waals surface area contributed by atoms with E-state index in [1.165, 1.54) is 14.2 Å². The number of aromatic amines is 2. The van der Waals surface area contributed by atoms with E-state index >= 15 is 0 Å². The minimum Gasteiger partial charge on any atom is -0.453 e. The fourth-order valence-electron chi connectivity index (χ4n) is 11.0. The van der Waals surface area contributed by atoms with E-state index in [-0.39, 0.29) is 67.5 Å². The van der Waals surface area contributed by atoms with Crippen LogP contribution >= 0.6 is 11.6 Å². The molecule has 65 heavy (non-hydrogen) atoms. The minimum atomic E-state index is -2.78. The van der Waals surface area contributed by atoms with Crippen molar-refractivity contribution >= 4 is 35.6 Å². The number of nitrogens with one attached hydrogen (secondary N) is 4. The Kier molecular flexibility index (Phi) is 11.6. The van der Waals surface area contributed by atoms with Crippen molar-refractivity contribution in [1.82, 2.24) is 40.4 Å². The van der Waals surface area contributed by atoms with Gasteiger partial charge in [-0.1, -0.05) is 60.1 Å². The standard InChI is InChI=1S/C47H53ClF2N8O7/c1-63-45(61)54-38(28-11-15-47(49,50)16-12-28)43(59)58-34-20-31(34)22-36(58)42-53-37(40(48)56-42)27-9-5-25(6-10-27)24-3-7-26(8-4-24)32-23-51-41(52-32)35-21-30-19-33(30)57(35)44(60)39(55-46(62)64-2)29-13-17-65-18-14-29/h3-10,23,28-31,33-36,38-39H,11-22H2,1-2H3,(H,51,52)(H,53,56)(H,54,61)(H,55,62)/t30-,31-,33-,34-,35+,36+,38+,39+/m1/s1. The van der Waals surface area contributed by atoms with E-state index in [4.69, 9.17) is 35.8 Å². The Balaban J connectivity index is 0.815. The molecule has 5 heterocycles. The van der Waals surface area contributed by atoms with Gasteiger partial charge in [0.2, 0.25) is 17.7 Å². The molecule has 4 aromatic rings. The SMILES string of the molecule is COC(=O)N[C@H](C(=O)N1[C@@H]2C[C@@H]2C[C@H]1c1ncc(-c2ccc(-c3ccc(-c4nc([C@@H]5C[C@H]6C[C@H]6N5C(=O)[C@@H](NC(=O)OC)C5CCC(F)(F)CC5)[nH]c4Cl)cc3)cc2)[nH]1)C1CCOCC1. The molecule has 4 N–H and O–H groups in total. The van der Waals surface area contributed by atoms with Crippen molar-refractivity contribution in [2.45, 2.75) is 106 Å². The van der Waals surface area contributed by atoms with Gasteiger partial charge in [-0.2, -0.15) is 0 Å². The summed E-state index contributed by atoms with van der Waals surface area (Å²) in [6.07, 6.45) is 4.61. The van der Waals surface area contributed by atoms with Gasteiger partial charge < -0.3 is 44.6 Å². The number of nitrogens with zero attached hydrogens (tertiary/aromatic N) is 4. The Morgan fingerprint density at radius 2 is 1.22 bits per heavy atom. The molecule has 6 aliphatic rings. The van der Waals surface area contributed by atoms with Crippen LogP contribution < -0.4 is 10.6 Å². The molecule has 2 aromatic heterocycles. The number of halogens is 3. The predicted molar refractivity (Wildman–Crippen MR) is 233 cm³/mol. The zero-order valence-corrected chi connectivity index (χ0v) is 37.0. The van der Waals surface area contributed by atoms with Crippen LogP contribution in [0, 0.1) is 23.7 Å². The highest BCUT2D eigenvalue weighted by Crippen LogP contribution is 2.55. The third-order valence-electron chi connectivity index (χ3n) is 14.7. The van der Waals surface area contributed by atoms with Crippen LogP contribution in [-0.4, -0.2) is 111 Å². The first-order chi connectivity index (χ1) is 31.4. The van der Waals surface area contributed by atoms with Gasteiger partial charge >= 0.3 is 12.2 Å². The molecule has 2 aromatic carbocycles. The summed E-state index contributed by atoms with van der Waals surface area (Å²) in [7, 11) is 2.52. The maximum Gasteiger partial charge on any atom is 0.407 e. The van der Waals surface area contributed by atoms with Crippen molar-refractivity contribution < 1.29 is 42.2 Å². The number of methoxy groups -OCH3 is 2. The zero-order chi connectivity index (χ0) is 45.1. The largest absolute Gasteiger partial charge is 0.453 e. The van der Waals surface area contributed by atoms with E-state index in [0.717, 1.165) is 53.0 Å². The highest BCUT2D eigenvalue weighted by Gasteiger charge is 2.58. The number of imidazole rings is 2. The van der Waals surface area contributed by atoms with Crippen molar-refractivity contribution in [3.63, 3.8) is 0 Å². The van der Waals surface area contributed by atoms with Gasteiger partial charge in [0.05, 0.1) is 38.2 Å². The Morgan fingerprint density at radius 1 is 0.723 bits per heavy atom. The molecule has 0 radical (unpaired) electrons. The molecule has 3 saturated carbocycles. The number of alkyl carbamates (subject to hydrolysis) is 2. The number of benzene rings is 2. The second-order valence-corrected chi connectivity index (χ2v) is 19.0. The monoisotopic (exact) mass is 914 g/mol. The van der Waals surface area contributed by atoms with Crippen molar-refractivity contribution in [2.24, 2.45) is 23.7 Å². The molecule has 0 unspecified atom stereocenters. The first-order valence-electron chi connectivity index (χ1n) is 22.7. The summed E-state index contributed by atoms with van der Waals surface area (Å²) < 4.78 is 43.5. The highest BCUT2D eigenvalue weighted by atomic mass is 35.5. The molecular formula is C47H53ClF2N8O7. The third-order valence-corrected chi connectivity index (χ3v) is 15.0. The highest BCUT2D eigenvalue weighted by molar-refractivity contribution is 6.32. The number of carbonyl (C=O) groups excluding carboxylic acids is 4. The van der Waals surface area contributed by atoms with Gasteiger partial charge in [0.15, 0.2) is 0 Å². The summed E-state index contributed by atoms with van der Waals surface area (Å²) in [5.74, 6) is -1.72. The molecule has 344 valence electrons. The van der Waals surface area contributed by atoms with E-state index in [1.54, 1.807) is 11.1 Å². The van der Waals surface area contributed by atoms with Gasteiger partial charge in [0.25, 0.3) is 0 Å². The smallest absolute Gasteiger partial charge is 0.407 e. The quantitative estimate of drug-likeness (QED) is 0.117. The number of hydrogen-bond acceptors (Lipinski definition) is 9. The average molecular weight is 915 g/mol. The number of H-pyrrole nitrogens is 2. The lowest BCUT2D eigenvalue weighted by Crippen LogP contribution is -2.54. The number of aromatic nitrogens is 4. The molecule has 18 heteroatoms. The van der Waals surface area contributed by atoms with Crippen LogP contribution in [0.5, 0.6) is 0 Å². The molecule has 0 spiro atoms. The van der Waals surface area contributed by atoms with E-state index in [0.29, 0.717) is 55.1 Å². The van der Waals surface area contributed by atoms with Gasteiger partial charge in [-0.3, -0.25) is 9.59 Å². The molecule has 8 atom stereocenters. The predicted octanol–water partition coefficient (Wildman–Crippen LogP) is 7.81. The van der Waals surface area contributed by atoms with Crippen LogP contribution in [0.2, 0.25) is 5.15 Å². The zero-order valence-electron chi connectivity index (χ0n) is 36.2. The third kappa shape index (κ3) is 8.57. The van der Waals surface area contributed by atoms with E-state index < -0.39 is 42.2 Å². The lowest BCUT2D eigenvalue weighted by Gasteiger charge is -2.37. The second-order valence-electron chi connectivity index (χ2n) is 18.6. The molecule has 10 rings (SSSR count). The Labute approximate surface area is 379 Å². The lowest BCUT2D eigenvalue weighted by molar-refractivity contribution is -0.139.